The molecule has 1 aromatic carbocycles. The first-order valence-corrected chi connectivity index (χ1v) is 6.68. The Morgan fingerprint density at radius 3 is 2.80 bits per heavy atom. The van der Waals surface area contributed by atoms with E-state index in [0.717, 1.165) is 17.1 Å². The Bertz CT molecular complexity index is 584. The van der Waals surface area contributed by atoms with Gasteiger partial charge in [-0.1, -0.05) is 26.0 Å². The van der Waals surface area contributed by atoms with E-state index >= 15 is 0 Å². The van der Waals surface area contributed by atoms with Gasteiger partial charge in [-0.2, -0.15) is 0 Å². The van der Waals surface area contributed by atoms with Crippen LogP contribution in [0.3, 0.4) is 0 Å². The highest BCUT2D eigenvalue weighted by Crippen LogP contribution is 2.27. The van der Waals surface area contributed by atoms with E-state index in [1.807, 2.05) is 19.9 Å². The molecule has 0 saturated carbocycles. The van der Waals surface area contributed by atoms with E-state index in [2.05, 4.69) is 15.3 Å². The first-order chi connectivity index (χ1) is 9.61. The Labute approximate surface area is 118 Å². The van der Waals surface area contributed by atoms with Gasteiger partial charge in [0.1, 0.15) is 11.6 Å². The van der Waals surface area contributed by atoms with E-state index in [-0.39, 0.29) is 11.7 Å². The predicted octanol–water partition coefficient (Wildman–Crippen LogP) is 2.78. The van der Waals surface area contributed by atoms with E-state index in [9.17, 15) is 4.39 Å². The summed E-state index contributed by atoms with van der Waals surface area (Å²) in [7, 11) is 0. The molecule has 0 unspecified atom stereocenters. The van der Waals surface area contributed by atoms with Crippen molar-refractivity contribution in [1.29, 1.82) is 0 Å². The van der Waals surface area contributed by atoms with Gasteiger partial charge in [-0.3, -0.25) is 0 Å². The molecular formula is C15H19FN4. The molecule has 2 rings (SSSR count). The Morgan fingerprint density at radius 2 is 2.15 bits per heavy atom. The molecule has 0 amide bonds. The van der Waals surface area contributed by atoms with Crippen LogP contribution in [0.2, 0.25) is 0 Å². The summed E-state index contributed by atoms with van der Waals surface area (Å²) in [6.45, 7) is 5.18. The third kappa shape index (κ3) is 3.30. The van der Waals surface area contributed by atoms with Crippen molar-refractivity contribution in [3.8, 4) is 11.3 Å². The van der Waals surface area contributed by atoms with Gasteiger partial charge in [0.2, 0.25) is 0 Å². The molecule has 1 heterocycles. The standard InChI is InChI=1S/C15H19FN4/c1-10(2)15-19-9-13(18-7-6-17)14(20-15)11-4-3-5-12(16)8-11/h3-5,8-10,18H,6-7,17H2,1-2H3. The number of halogens is 1. The molecule has 0 aliphatic rings. The molecule has 1 aromatic heterocycles. The van der Waals surface area contributed by atoms with Gasteiger partial charge in [-0.05, 0) is 12.1 Å². The van der Waals surface area contributed by atoms with E-state index in [1.165, 1.54) is 12.1 Å². The fourth-order valence-electron chi connectivity index (χ4n) is 1.87. The Morgan fingerprint density at radius 1 is 1.35 bits per heavy atom. The highest BCUT2D eigenvalue weighted by Gasteiger charge is 2.12. The lowest BCUT2D eigenvalue weighted by molar-refractivity contribution is 0.628. The number of aromatic nitrogens is 2. The largest absolute Gasteiger partial charge is 0.381 e. The van der Waals surface area contributed by atoms with Gasteiger partial charge in [0.25, 0.3) is 0 Å². The summed E-state index contributed by atoms with van der Waals surface area (Å²) in [5, 5.41) is 3.17. The molecule has 4 nitrogen and oxygen atoms in total. The quantitative estimate of drug-likeness (QED) is 0.880. The number of hydrogen-bond donors (Lipinski definition) is 2. The number of nitrogens with zero attached hydrogens (tertiary/aromatic N) is 2. The molecule has 0 fully saturated rings. The van der Waals surface area contributed by atoms with Gasteiger partial charge in [0.05, 0.1) is 17.6 Å². The first kappa shape index (κ1) is 14.4. The van der Waals surface area contributed by atoms with Crippen LogP contribution < -0.4 is 11.1 Å². The highest BCUT2D eigenvalue weighted by atomic mass is 19.1. The number of nitrogens with two attached hydrogens (primary N) is 1. The average molecular weight is 274 g/mol. The van der Waals surface area contributed by atoms with Crippen molar-refractivity contribution in [2.75, 3.05) is 18.4 Å². The topological polar surface area (TPSA) is 63.8 Å². The van der Waals surface area contributed by atoms with Crippen LogP contribution >= 0.6 is 0 Å². The lowest BCUT2D eigenvalue weighted by Gasteiger charge is -2.13. The maximum Gasteiger partial charge on any atom is 0.131 e. The van der Waals surface area contributed by atoms with Crippen molar-refractivity contribution in [3.63, 3.8) is 0 Å². The zero-order valence-electron chi connectivity index (χ0n) is 11.7. The van der Waals surface area contributed by atoms with E-state index in [1.54, 1.807) is 12.3 Å². The smallest absolute Gasteiger partial charge is 0.131 e. The van der Waals surface area contributed by atoms with E-state index in [4.69, 9.17) is 5.73 Å². The number of benzene rings is 1. The lowest BCUT2D eigenvalue weighted by atomic mass is 10.1. The zero-order chi connectivity index (χ0) is 14.5. The van der Waals surface area contributed by atoms with Gasteiger partial charge in [-0.15, -0.1) is 0 Å². The second-order valence-electron chi connectivity index (χ2n) is 4.87. The summed E-state index contributed by atoms with van der Waals surface area (Å²) in [5.41, 5.74) is 7.71. The lowest BCUT2D eigenvalue weighted by Crippen LogP contribution is -2.14. The summed E-state index contributed by atoms with van der Waals surface area (Å²) >= 11 is 0. The van der Waals surface area contributed by atoms with E-state index < -0.39 is 0 Å². The van der Waals surface area contributed by atoms with Gasteiger partial charge in [0.15, 0.2) is 0 Å². The number of rotatable bonds is 5. The second-order valence-corrected chi connectivity index (χ2v) is 4.87. The summed E-state index contributed by atoms with van der Waals surface area (Å²) in [6, 6.07) is 6.40. The monoisotopic (exact) mass is 274 g/mol. The minimum atomic E-state index is -0.281. The second kappa shape index (κ2) is 6.43. The van der Waals surface area contributed by atoms with Gasteiger partial charge in [0, 0.05) is 24.6 Å². The van der Waals surface area contributed by atoms with Gasteiger partial charge < -0.3 is 11.1 Å². The molecule has 0 atom stereocenters. The molecule has 0 radical (unpaired) electrons. The van der Waals surface area contributed by atoms with Gasteiger partial charge in [-0.25, -0.2) is 14.4 Å². The third-order valence-electron chi connectivity index (χ3n) is 2.88. The van der Waals surface area contributed by atoms with E-state index in [0.29, 0.717) is 18.8 Å². The zero-order valence-corrected chi connectivity index (χ0v) is 11.7. The first-order valence-electron chi connectivity index (χ1n) is 6.68. The van der Waals surface area contributed by atoms with Crippen LogP contribution in [0, 0.1) is 5.82 Å². The molecular weight excluding hydrogens is 255 g/mol. The van der Waals surface area contributed by atoms with Crippen LogP contribution in [0.5, 0.6) is 0 Å². The Hall–Kier alpha value is -2.01. The predicted molar refractivity (Wildman–Crippen MR) is 79.1 cm³/mol. The molecule has 0 bridgehead atoms. The summed E-state index contributed by atoms with van der Waals surface area (Å²) < 4.78 is 13.4. The summed E-state index contributed by atoms with van der Waals surface area (Å²) in [5.74, 6) is 0.672. The normalized spacial score (nSPS) is 10.8. The maximum atomic E-state index is 13.4. The summed E-state index contributed by atoms with van der Waals surface area (Å²) in [6.07, 6.45) is 1.73. The SMILES string of the molecule is CC(C)c1ncc(NCCN)c(-c2cccc(F)c2)n1. The molecule has 0 saturated heterocycles. The molecule has 2 aromatic rings. The molecule has 20 heavy (non-hydrogen) atoms. The average Bonchev–Trinajstić information content (AvgIpc) is 2.44. The van der Waals surface area contributed by atoms with Crippen LogP contribution in [0.25, 0.3) is 11.3 Å². The Kier molecular flexibility index (Phi) is 4.63. The maximum absolute atomic E-state index is 13.4. The van der Waals surface area contributed by atoms with Crippen molar-refractivity contribution in [2.45, 2.75) is 19.8 Å². The van der Waals surface area contributed by atoms with Crippen LogP contribution in [0.15, 0.2) is 30.5 Å². The van der Waals surface area contributed by atoms with Gasteiger partial charge >= 0.3 is 0 Å². The van der Waals surface area contributed by atoms with Crippen molar-refractivity contribution in [2.24, 2.45) is 5.73 Å². The fourth-order valence-corrected chi connectivity index (χ4v) is 1.87. The number of anilines is 1. The van der Waals surface area contributed by atoms with Crippen LogP contribution in [-0.2, 0) is 0 Å². The molecule has 3 N–H and O–H groups in total. The van der Waals surface area contributed by atoms with Crippen molar-refractivity contribution in [3.05, 3.63) is 42.1 Å². The van der Waals surface area contributed by atoms with Crippen LogP contribution in [0.1, 0.15) is 25.6 Å². The molecule has 106 valence electrons. The fraction of sp³-hybridized carbons (Fsp3) is 0.333. The van der Waals surface area contributed by atoms with Crippen molar-refractivity contribution in [1.82, 2.24) is 9.97 Å². The number of nitrogens with one attached hydrogen (secondary N) is 1. The molecule has 0 spiro atoms. The minimum Gasteiger partial charge on any atom is -0.381 e. The summed E-state index contributed by atoms with van der Waals surface area (Å²) in [4.78, 5) is 8.89. The molecule has 5 heteroatoms. The van der Waals surface area contributed by atoms with Crippen LogP contribution in [-0.4, -0.2) is 23.1 Å². The van der Waals surface area contributed by atoms with Crippen molar-refractivity contribution >= 4 is 5.69 Å². The highest BCUT2D eigenvalue weighted by molar-refractivity contribution is 5.73. The molecule has 0 aliphatic heterocycles. The molecule has 0 aliphatic carbocycles. The van der Waals surface area contributed by atoms with Crippen molar-refractivity contribution < 1.29 is 4.39 Å². The third-order valence-corrected chi connectivity index (χ3v) is 2.88. The van der Waals surface area contributed by atoms with Crippen LogP contribution in [0.4, 0.5) is 10.1 Å². The minimum absolute atomic E-state index is 0.214. The number of hydrogen-bond acceptors (Lipinski definition) is 4. The Balaban J connectivity index is 2.48.